The van der Waals surface area contributed by atoms with Crippen molar-refractivity contribution in [3.63, 3.8) is 0 Å². The second kappa shape index (κ2) is 9.56. The summed E-state index contributed by atoms with van der Waals surface area (Å²) in [5.74, 6) is -0.345. The molecule has 3 aromatic rings. The molecule has 0 aliphatic carbocycles. The van der Waals surface area contributed by atoms with Gasteiger partial charge >= 0.3 is 0 Å². The number of carbonyl (C=O) groups is 2. The molecule has 0 saturated carbocycles. The highest BCUT2D eigenvalue weighted by molar-refractivity contribution is 6.12. The molecule has 0 fully saturated rings. The molecule has 32 heavy (non-hydrogen) atoms. The molecule has 0 saturated heterocycles. The van der Waals surface area contributed by atoms with Crippen LogP contribution >= 0.6 is 0 Å². The van der Waals surface area contributed by atoms with Gasteiger partial charge in [-0.1, -0.05) is 24.3 Å². The molecule has 0 bridgehead atoms. The number of benzene rings is 3. The van der Waals surface area contributed by atoms with Gasteiger partial charge < -0.3 is 20.9 Å². The first-order valence-electron chi connectivity index (χ1n) is 11.0. The van der Waals surface area contributed by atoms with Crippen molar-refractivity contribution in [2.24, 2.45) is 0 Å². The summed E-state index contributed by atoms with van der Waals surface area (Å²) >= 11 is 0. The number of anilines is 4. The normalized spacial score (nSPS) is 12.0. The van der Waals surface area contributed by atoms with Crippen molar-refractivity contribution in [2.75, 3.05) is 35.2 Å². The summed E-state index contributed by atoms with van der Waals surface area (Å²) in [6.45, 7) is 6.58. The molecule has 1 aliphatic rings. The topological polar surface area (TPSA) is 73.5 Å². The highest BCUT2D eigenvalue weighted by atomic mass is 16.2. The summed E-state index contributed by atoms with van der Waals surface area (Å²) in [6, 6.07) is 21.1. The van der Waals surface area contributed by atoms with E-state index in [4.69, 9.17) is 0 Å². The zero-order valence-electron chi connectivity index (χ0n) is 18.4. The molecule has 0 atom stereocenters. The molecule has 3 N–H and O–H groups in total. The van der Waals surface area contributed by atoms with Crippen molar-refractivity contribution in [3.8, 4) is 0 Å². The third-order valence-corrected chi connectivity index (χ3v) is 5.61. The monoisotopic (exact) mass is 428 g/mol. The van der Waals surface area contributed by atoms with Crippen LogP contribution in [0.25, 0.3) is 0 Å². The Labute approximate surface area is 188 Å². The van der Waals surface area contributed by atoms with Crippen molar-refractivity contribution in [1.29, 1.82) is 0 Å². The fraction of sp³-hybridized carbons (Fsp3) is 0.231. The average molecular weight is 429 g/mol. The Hall–Kier alpha value is -3.80. The molecule has 0 aromatic heterocycles. The molecule has 1 heterocycles. The van der Waals surface area contributed by atoms with Crippen molar-refractivity contribution in [2.45, 2.75) is 20.3 Å². The first-order valence-corrected chi connectivity index (χ1v) is 11.0. The minimum absolute atomic E-state index is 0.151. The Morgan fingerprint density at radius 1 is 0.938 bits per heavy atom. The summed E-state index contributed by atoms with van der Waals surface area (Å²) in [4.78, 5) is 27.5. The van der Waals surface area contributed by atoms with E-state index < -0.39 is 0 Å². The van der Waals surface area contributed by atoms with Crippen LogP contribution in [0, 0.1) is 6.92 Å². The Morgan fingerprint density at radius 3 is 2.59 bits per heavy atom. The third-order valence-electron chi connectivity index (χ3n) is 5.61. The Morgan fingerprint density at radius 2 is 1.78 bits per heavy atom. The van der Waals surface area contributed by atoms with E-state index in [1.807, 2.05) is 24.3 Å². The molecule has 3 aromatic carbocycles. The van der Waals surface area contributed by atoms with Crippen molar-refractivity contribution >= 4 is 34.6 Å². The van der Waals surface area contributed by atoms with Crippen LogP contribution in [-0.4, -0.2) is 31.4 Å². The van der Waals surface area contributed by atoms with E-state index in [0.29, 0.717) is 23.4 Å². The van der Waals surface area contributed by atoms with E-state index in [2.05, 4.69) is 59.0 Å². The smallest absolute Gasteiger partial charge is 0.257 e. The van der Waals surface area contributed by atoms with Gasteiger partial charge in [0, 0.05) is 30.9 Å². The van der Waals surface area contributed by atoms with Crippen LogP contribution in [0.3, 0.4) is 0 Å². The fourth-order valence-corrected chi connectivity index (χ4v) is 3.89. The maximum absolute atomic E-state index is 12.7. The summed E-state index contributed by atoms with van der Waals surface area (Å²) in [5, 5.41) is 9.16. The fourth-order valence-electron chi connectivity index (χ4n) is 3.89. The van der Waals surface area contributed by atoms with E-state index >= 15 is 0 Å². The number of carbonyl (C=O) groups excluding carboxylic acids is 2. The molecule has 6 nitrogen and oxygen atoms in total. The first kappa shape index (κ1) is 21.4. The van der Waals surface area contributed by atoms with Gasteiger partial charge in [0.1, 0.15) is 0 Å². The lowest BCUT2D eigenvalue weighted by atomic mass is 10.1. The standard InChI is InChI=1S/C26H28N4O2/c1-3-30(20-9-6-8-18(2)16-20)15-7-14-27-25(31)19-12-13-23-24(17-19)29-26(32)21-10-4-5-11-22(21)28-23/h4-6,8-13,16-17,28H,3,7,14-15H2,1-2H3,(H,27,31)(H,29,32). The molecule has 0 radical (unpaired) electrons. The van der Waals surface area contributed by atoms with E-state index in [0.717, 1.165) is 30.9 Å². The van der Waals surface area contributed by atoms with E-state index in [-0.39, 0.29) is 11.8 Å². The van der Waals surface area contributed by atoms with Gasteiger partial charge in [0.05, 0.1) is 22.6 Å². The molecular weight excluding hydrogens is 400 g/mol. The molecule has 0 spiro atoms. The SMILES string of the molecule is CCN(CCCNC(=O)c1ccc2c(c1)NC(=O)c1ccccc1N2)c1cccc(C)c1. The number of nitrogens with zero attached hydrogens (tertiary/aromatic N) is 1. The van der Waals surface area contributed by atoms with Crippen LogP contribution in [0.15, 0.2) is 66.7 Å². The Kier molecular flexibility index (Phi) is 6.40. The number of amides is 2. The minimum atomic E-state index is -0.194. The van der Waals surface area contributed by atoms with Gasteiger partial charge in [0.2, 0.25) is 0 Å². The van der Waals surface area contributed by atoms with Crippen LogP contribution in [0.4, 0.5) is 22.7 Å². The predicted octanol–water partition coefficient (Wildman–Crippen LogP) is 4.95. The van der Waals surface area contributed by atoms with E-state index in [9.17, 15) is 9.59 Å². The van der Waals surface area contributed by atoms with Gasteiger partial charge in [0.15, 0.2) is 0 Å². The van der Waals surface area contributed by atoms with Crippen LogP contribution in [0.1, 0.15) is 39.6 Å². The molecule has 164 valence electrons. The zero-order valence-corrected chi connectivity index (χ0v) is 18.4. The molecule has 4 rings (SSSR count). The molecule has 2 amide bonds. The summed E-state index contributed by atoms with van der Waals surface area (Å²) in [6.07, 6.45) is 0.839. The van der Waals surface area contributed by atoms with Crippen LogP contribution in [-0.2, 0) is 0 Å². The minimum Gasteiger partial charge on any atom is -0.372 e. The second-order valence-electron chi connectivity index (χ2n) is 7.91. The number of hydrogen-bond acceptors (Lipinski definition) is 4. The second-order valence-corrected chi connectivity index (χ2v) is 7.91. The third kappa shape index (κ3) is 4.75. The first-order chi connectivity index (χ1) is 15.5. The predicted molar refractivity (Wildman–Crippen MR) is 130 cm³/mol. The maximum atomic E-state index is 12.7. The van der Waals surface area contributed by atoms with Gasteiger partial charge in [-0.05, 0) is 68.3 Å². The number of fused-ring (bicyclic) bond motifs is 2. The van der Waals surface area contributed by atoms with Crippen LogP contribution < -0.4 is 20.9 Å². The summed E-state index contributed by atoms with van der Waals surface area (Å²) < 4.78 is 0. The number of rotatable bonds is 7. The largest absolute Gasteiger partial charge is 0.372 e. The summed E-state index contributed by atoms with van der Waals surface area (Å²) in [5.41, 5.74) is 5.63. The molecular formula is C26H28N4O2. The van der Waals surface area contributed by atoms with Gasteiger partial charge in [-0.15, -0.1) is 0 Å². The lowest BCUT2D eigenvalue weighted by molar-refractivity contribution is 0.0952. The zero-order chi connectivity index (χ0) is 22.5. The molecule has 6 heteroatoms. The van der Waals surface area contributed by atoms with Crippen LogP contribution in [0.2, 0.25) is 0 Å². The number of aryl methyl sites for hydroxylation is 1. The Bertz CT molecular complexity index is 1140. The van der Waals surface area contributed by atoms with Gasteiger partial charge in [-0.25, -0.2) is 0 Å². The van der Waals surface area contributed by atoms with Crippen molar-refractivity contribution < 1.29 is 9.59 Å². The molecule has 0 unspecified atom stereocenters. The molecule has 1 aliphatic heterocycles. The lowest BCUT2D eigenvalue weighted by Gasteiger charge is -2.23. The summed E-state index contributed by atoms with van der Waals surface area (Å²) in [7, 11) is 0. The highest BCUT2D eigenvalue weighted by Crippen LogP contribution is 2.32. The number of nitrogens with one attached hydrogen (secondary N) is 3. The van der Waals surface area contributed by atoms with E-state index in [1.165, 1.54) is 11.3 Å². The quantitative estimate of drug-likeness (QED) is 0.466. The highest BCUT2D eigenvalue weighted by Gasteiger charge is 2.19. The van der Waals surface area contributed by atoms with Crippen LogP contribution in [0.5, 0.6) is 0 Å². The van der Waals surface area contributed by atoms with Gasteiger partial charge in [-0.3, -0.25) is 9.59 Å². The van der Waals surface area contributed by atoms with Crippen molar-refractivity contribution in [3.05, 3.63) is 83.4 Å². The lowest BCUT2D eigenvalue weighted by Crippen LogP contribution is -2.30. The van der Waals surface area contributed by atoms with E-state index in [1.54, 1.807) is 18.2 Å². The van der Waals surface area contributed by atoms with Gasteiger partial charge in [-0.2, -0.15) is 0 Å². The maximum Gasteiger partial charge on any atom is 0.257 e. The van der Waals surface area contributed by atoms with Gasteiger partial charge in [0.25, 0.3) is 11.8 Å². The average Bonchev–Trinajstić information content (AvgIpc) is 2.94. The Balaban J connectivity index is 1.35. The number of para-hydroxylation sites is 1. The van der Waals surface area contributed by atoms with Crippen molar-refractivity contribution in [1.82, 2.24) is 5.32 Å². The number of hydrogen-bond donors (Lipinski definition) is 3.